The van der Waals surface area contributed by atoms with E-state index in [2.05, 4.69) is 4.72 Å². The summed E-state index contributed by atoms with van der Waals surface area (Å²) < 4.78 is 32.8. The molecule has 3 aromatic carbocycles. The van der Waals surface area contributed by atoms with Crippen LogP contribution in [0.5, 0.6) is 5.75 Å². The molecule has 0 saturated heterocycles. The zero-order valence-corrected chi connectivity index (χ0v) is 17.7. The minimum absolute atomic E-state index is 0.00282. The summed E-state index contributed by atoms with van der Waals surface area (Å²) in [6.07, 6.45) is 3.42. The molecule has 0 fully saturated rings. The van der Waals surface area contributed by atoms with Crippen LogP contribution in [0.2, 0.25) is 0 Å². The summed E-state index contributed by atoms with van der Waals surface area (Å²) in [5.41, 5.74) is 2.65. The van der Waals surface area contributed by atoms with Crippen LogP contribution in [0.25, 0.3) is 17.2 Å². The van der Waals surface area contributed by atoms with Gasteiger partial charge in [-0.05, 0) is 47.4 Å². The van der Waals surface area contributed by atoms with Crippen molar-refractivity contribution < 1.29 is 23.1 Å². The molecule has 0 radical (unpaired) electrons. The summed E-state index contributed by atoms with van der Waals surface area (Å²) in [4.78, 5) is 11.6. The van der Waals surface area contributed by atoms with E-state index in [0.717, 1.165) is 22.4 Å². The van der Waals surface area contributed by atoms with Crippen LogP contribution in [-0.4, -0.2) is 32.6 Å². The predicted octanol–water partition coefficient (Wildman–Crippen LogP) is 4.20. The van der Waals surface area contributed by atoms with Gasteiger partial charge in [0.05, 0.1) is 12.0 Å². The van der Waals surface area contributed by atoms with E-state index >= 15 is 0 Å². The lowest BCUT2D eigenvalue weighted by Gasteiger charge is -2.13. The van der Waals surface area contributed by atoms with E-state index in [4.69, 9.17) is 4.74 Å². The average molecular weight is 438 g/mol. The van der Waals surface area contributed by atoms with Gasteiger partial charge in [-0.1, -0.05) is 66.7 Å². The van der Waals surface area contributed by atoms with E-state index < -0.39 is 22.0 Å². The Labute approximate surface area is 181 Å². The fraction of sp³-hybridized carbons (Fsp3) is 0.125. The Bertz CT molecular complexity index is 1140. The van der Waals surface area contributed by atoms with Crippen molar-refractivity contribution in [1.82, 2.24) is 4.72 Å². The first-order valence-corrected chi connectivity index (χ1v) is 11.1. The Hall–Kier alpha value is -3.42. The van der Waals surface area contributed by atoms with Crippen molar-refractivity contribution >= 4 is 22.1 Å². The Morgan fingerprint density at radius 1 is 0.968 bits per heavy atom. The van der Waals surface area contributed by atoms with Crippen LogP contribution in [-0.2, 0) is 14.8 Å². The summed E-state index contributed by atoms with van der Waals surface area (Å²) in [7, 11) is -2.41. The van der Waals surface area contributed by atoms with Gasteiger partial charge in [0.1, 0.15) is 11.8 Å². The maximum atomic E-state index is 12.7. The molecule has 0 amide bonds. The quantitative estimate of drug-likeness (QED) is 0.523. The van der Waals surface area contributed by atoms with Crippen LogP contribution in [0.3, 0.4) is 0 Å². The van der Waals surface area contributed by atoms with Gasteiger partial charge in [-0.3, -0.25) is 4.79 Å². The topological polar surface area (TPSA) is 92.7 Å². The van der Waals surface area contributed by atoms with Crippen LogP contribution in [0.1, 0.15) is 12.0 Å². The predicted molar refractivity (Wildman–Crippen MR) is 120 cm³/mol. The average Bonchev–Trinajstić information content (AvgIpc) is 2.79. The van der Waals surface area contributed by atoms with Crippen molar-refractivity contribution in [2.24, 2.45) is 0 Å². The molecule has 0 aromatic heterocycles. The maximum absolute atomic E-state index is 12.7. The van der Waals surface area contributed by atoms with Crippen LogP contribution >= 0.6 is 0 Å². The van der Waals surface area contributed by atoms with E-state index in [1.807, 2.05) is 54.6 Å². The lowest BCUT2D eigenvalue weighted by molar-refractivity contribution is -0.138. The maximum Gasteiger partial charge on any atom is 0.322 e. The van der Waals surface area contributed by atoms with Crippen LogP contribution in [0.4, 0.5) is 0 Å². The fourth-order valence-electron chi connectivity index (χ4n) is 2.97. The van der Waals surface area contributed by atoms with Gasteiger partial charge in [0.2, 0.25) is 10.0 Å². The Morgan fingerprint density at radius 2 is 1.55 bits per heavy atom. The number of hydrogen-bond acceptors (Lipinski definition) is 4. The lowest BCUT2D eigenvalue weighted by atomic mass is 10.1. The number of aliphatic carboxylic acids is 1. The molecule has 6 nitrogen and oxygen atoms in total. The van der Waals surface area contributed by atoms with Gasteiger partial charge in [-0.2, -0.15) is 4.72 Å². The molecule has 1 unspecified atom stereocenters. The van der Waals surface area contributed by atoms with Gasteiger partial charge >= 0.3 is 5.97 Å². The Kier molecular flexibility index (Phi) is 7.23. The third-order valence-corrected chi connectivity index (χ3v) is 6.15. The lowest BCUT2D eigenvalue weighted by Crippen LogP contribution is -2.40. The van der Waals surface area contributed by atoms with Crippen LogP contribution in [0.15, 0.2) is 89.8 Å². The highest BCUT2D eigenvalue weighted by Crippen LogP contribution is 2.24. The van der Waals surface area contributed by atoms with Crippen molar-refractivity contribution in [3.63, 3.8) is 0 Å². The second-order valence-electron chi connectivity index (χ2n) is 6.81. The number of carboxylic acids is 1. The largest absolute Gasteiger partial charge is 0.497 e. The number of carboxylic acid groups (broad SMARTS) is 1. The first kappa shape index (κ1) is 22.3. The van der Waals surface area contributed by atoms with Gasteiger partial charge in [-0.15, -0.1) is 0 Å². The van der Waals surface area contributed by atoms with Gasteiger partial charge < -0.3 is 9.84 Å². The number of methoxy groups -OCH3 is 1. The molecule has 7 heteroatoms. The first-order valence-electron chi connectivity index (χ1n) is 9.60. The smallest absolute Gasteiger partial charge is 0.322 e. The van der Waals surface area contributed by atoms with Gasteiger partial charge in [0.15, 0.2) is 0 Å². The highest BCUT2D eigenvalue weighted by Gasteiger charge is 2.24. The highest BCUT2D eigenvalue weighted by atomic mass is 32.2. The molecule has 0 saturated carbocycles. The van der Waals surface area contributed by atoms with Gasteiger partial charge in [0.25, 0.3) is 0 Å². The van der Waals surface area contributed by atoms with E-state index in [0.29, 0.717) is 0 Å². The zero-order chi connectivity index (χ0) is 22.3. The third kappa shape index (κ3) is 6.04. The van der Waals surface area contributed by atoms with Crippen molar-refractivity contribution in [2.75, 3.05) is 7.11 Å². The normalized spacial score (nSPS) is 12.5. The molecule has 3 aromatic rings. The van der Waals surface area contributed by atoms with E-state index in [9.17, 15) is 18.3 Å². The number of benzene rings is 3. The molecular weight excluding hydrogens is 414 g/mol. The summed E-state index contributed by atoms with van der Waals surface area (Å²) in [5, 5.41) is 9.45. The van der Waals surface area contributed by atoms with Gasteiger partial charge in [-0.25, -0.2) is 8.42 Å². The number of sulfonamides is 1. The van der Waals surface area contributed by atoms with E-state index in [1.54, 1.807) is 31.4 Å². The molecule has 0 aliphatic heterocycles. The number of rotatable bonds is 9. The van der Waals surface area contributed by atoms with Crippen LogP contribution < -0.4 is 9.46 Å². The fourth-order valence-corrected chi connectivity index (χ4v) is 4.17. The number of hydrogen-bond donors (Lipinski definition) is 2. The summed E-state index contributed by atoms with van der Waals surface area (Å²) in [6, 6.07) is 21.8. The molecule has 1 atom stereocenters. The molecule has 31 heavy (non-hydrogen) atoms. The van der Waals surface area contributed by atoms with Crippen molar-refractivity contribution in [2.45, 2.75) is 17.4 Å². The second kappa shape index (κ2) is 10.1. The number of carbonyl (C=O) groups is 1. The molecule has 0 aliphatic carbocycles. The molecule has 2 N–H and O–H groups in total. The Balaban J connectivity index is 1.71. The van der Waals surface area contributed by atoms with Gasteiger partial charge in [0, 0.05) is 0 Å². The highest BCUT2D eigenvalue weighted by molar-refractivity contribution is 7.89. The van der Waals surface area contributed by atoms with E-state index in [1.165, 1.54) is 12.1 Å². The minimum atomic E-state index is -3.99. The molecule has 160 valence electrons. The van der Waals surface area contributed by atoms with Crippen molar-refractivity contribution in [1.29, 1.82) is 0 Å². The molecule has 0 aliphatic rings. The summed E-state index contributed by atoms with van der Waals surface area (Å²) in [6.45, 7) is 0. The second-order valence-corrected chi connectivity index (χ2v) is 8.53. The number of ether oxygens (including phenoxy) is 1. The SMILES string of the molecule is COc1ccc(-c2ccc(S(=O)(=O)NC(C/C=C/c3ccccc3)C(=O)O)cc2)cc1. The number of nitrogens with one attached hydrogen (secondary N) is 1. The molecule has 0 spiro atoms. The summed E-state index contributed by atoms with van der Waals surface area (Å²) >= 11 is 0. The minimum Gasteiger partial charge on any atom is -0.497 e. The monoisotopic (exact) mass is 437 g/mol. The Morgan fingerprint density at radius 3 is 2.10 bits per heavy atom. The molecule has 3 rings (SSSR count). The standard InChI is InChI=1S/C24H23NO5S/c1-30-21-14-10-19(11-15-21)20-12-16-22(17-13-20)31(28,29)25-23(24(26)27)9-5-8-18-6-3-2-4-7-18/h2-8,10-17,23,25H,9H2,1H3,(H,26,27)/b8-5+. The van der Waals surface area contributed by atoms with Crippen molar-refractivity contribution in [3.8, 4) is 16.9 Å². The van der Waals surface area contributed by atoms with Crippen LogP contribution in [0, 0.1) is 0 Å². The summed E-state index contributed by atoms with van der Waals surface area (Å²) in [5.74, 6) is -0.510. The third-order valence-electron chi connectivity index (χ3n) is 4.67. The molecule has 0 bridgehead atoms. The molecule has 0 heterocycles. The van der Waals surface area contributed by atoms with E-state index in [-0.39, 0.29) is 11.3 Å². The van der Waals surface area contributed by atoms with Crippen molar-refractivity contribution in [3.05, 3.63) is 90.5 Å². The first-order chi connectivity index (χ1) is 14.9. The zero-order valence-electron chi connectivity index (χ0n) is 16.9. The molecular formula is C24H23NO5S.